The molecule has 0 fully saturated rings. The lowest BCUT2D eigenvalue weighted by Crippen LogP contribution is -2.35. The number of para-hydroxylation sites is 1. The van der Waals surface area contributed by atoms with Crippen molar-refractivity contribution in [2.75, 3.05) is 25.6 Å². The number of aromatic nitrogens is 1. The number of hydrogen-bond donors (Lipinski definition) is 2. The number of benzene rings is 2. The van der Waals surface area contributed by atoms with Crippen LogP contribution in [0.25, 0.3) is 10.9 Å². The topological polar surface area (TPSA) is 107 Å². The number of rotatable bonds is 9. The van der Waals surface area contributed by atoms with Crippen molar-refractivity contribution in [3.63, 3.8) is 0 Å². The molecule has 0 aliphatic heterocycles. The van der Waals surface area contributed by atoms with Gasteiger partial charge in [-0.1, -0.05) is 30.3 Å². The molecule has 0 radical (unpaired) electrons. The summed E-state index contributed by atoms with van der Waals surface area (Å²) in [5.41, 5.74) is 3.10. The maximum Gasteiger partial charge on any atom is 0.306 e. The van der Waals surface area contributed by atoms with Gasteiger partial charge in [0, 0.05) is 17.5 Å². The minimum absolute atomic E-state index is 0.103. The monoisotopic (exact) mass is 435 g/mol. The summed E-state index contributed by atoms with van der Waals surface area (Å²) in [5, 5.41) is 6.13. The number of anilines is 1. The molecule has 1 heterocycles. The van der Waals surface area contributed by atoms with Crippen LogP contribution in [0.2, 0.25) is 0 Å². The summed E-state index contributed by atoms with van der Waals surface area (Å²) in [6, 6.07) is 16.9. The van der Waals surface area contributed by atoms with E-state index in [1.807, 2.05) is 49.4 Å². The fourth-order valence-electron chi connectivity index (χ4n) is 3.04. The van der Waals surface area contributed by atoms with Crippen molar-refractivity contribution < 1.29 is 23.9 Å². The summed E-state index contributed by atoms with van der Waals surface area (Å²) < 4.78 is 10.2. The second-order valence-corrected chi connectivity index (χ2v) is 7.18. The lowest BCUT2D eigenvalue weighted by molar-refractivity contribution is -0.148. The smallest absolute Gasteiger partial charge is 0.306 e. The first-order valence-corrected chi connectivity index (χ1v) is 10.2. The van der Waals surface area contributed by atoms with Crippen molar-refractivity contribution in [2.24, 2.45) is 0 Å². The van der Waals surface area contributed by atoms with Gasteiger partial charge < -0.3 is 20.1 Å². The predicted molar refractivity (Wildman–Crippen MR) is 120 cm³/mol. The van der Waals surface area contributed by atoms with Crippen LogP contribution in [0.5, 0.6) is 5.75 Å². The molecule has 32 heavy (non-hydrogen) atoms. The lowest BCUT2D eigenvalue weighted by Gasteiger charge is -2.11. The SMILES string of the molecule is COc1ccc(C)cc1NC(=O)CNC(=O)COC(=O)CCc1ccc2ccccc2n1. The van der Waals surface area contributed by atoms with Crippen LogP contribution in [-0.2, 0) is 25.5 Å². The molecule has 166 valence electrons. The van der Waals surface area contributed by atoms with E-state index in [9.17, 15) is 14.4 Å². The highest BCUT2D eigenvalue weighted by atomic mass is 16.5. The molecule has 2 N–H and O–H groups in total. The Morgan fingerprint density at radius 2 is 1.81 bits per heavy atom. The minimum atomic E-state index is -0.562. The number of methoxy groups -OCH3 is 1. The Morgan fingerprint density at radius 3 is 2.62 bits per heavy atom. The van der Waals surface area contributed by atoms with Crippen LogP contribution in [0.1, 0.15) is 17.7 Å². The summed E-state index contributed by atoms with van der Waals surface area (Å²) >= 11 is 0. The van der Waals surface area contributed by atoms with Crippen molar-refractivity contribution in [3.05, 3.63) is 65.9 Å². The van der Waals surface area contributed by atoms with E-state index in [0.717, 1.165) is 22.2 Å². The van der Waals surface area contributed by atoms with Gasteiger partial charge in [-0.3, -0.25) is 19.4 Å². The highest BCUT2D eigenvalue weighted by Crippen LogP contribution is 2.24. The number of carbonyl (C=O) groups excluding carboxylic acids is 3. The number of fused-ring (bicyclic) bond motifs is 1. The van der Waals surface area contributed by atoms with Crippen LogP contribution < -0.4 is 15.4 Å². The average Bonchev–Trinajstić information content (AvgIpc) is 2.80. The summed E-state index contributed by atoms with van der Waals surface area (Å²) in [6.07, 6.45) is 0.512. The maximum absolute atomic E-state index is 12.1. The third-order valence-corrected chi connectivity index (χ3v) is 4.68. The van der Waals surface area contributed by atoms with Crippen LogP contribution >= 0.6 is 0 Å². The summed E-state index contributed by atoms with van der Waals surface area (Å²) in [6.45, 7) is 1.18. The first kappa shape index (κ1) is 22.7. The summed E-state index contributed by atoms with van der Waals surface area (Å²) in [7, 11) is 1.51. The number of amides is 2. The number of hydrogen-bond acceptors (Lipinski definition) is 6. The highest BCUT2D eigenvalue weighted by Gasteiger charge is 2.12. The molecule has 2 amide bonds. The average molecular weight is 435 g/mol. The van der Waals surface area contributed by atoms with Gasteiger partial charge in [-0.25, -0.2) is 0 Å². The first-order valence-electron chi connectivity index (χ1n) is 10.2. The zero-order valence-corrected chi connectivity index (χ0v) is 18.0. The number of aryl methyl sites for hydroxylation is 2. The van der Waals surface area contributed by atoms with Gasteiger partial charge in [0.1, 0.15) is 5.75 Å². The number of pyridine rings is 1. The summed E-state index contributed by atoms with van der Waals surface area (Å²) in [4.78, 5) is 40.4. The Morgan fingerprint density at radius 1 is 1.00 bits per heavy atom. The molecule has 0 saturated heterocycles. The molecule has 2 aromatic carbocycles. The normalized spacial score (nSPS) is 10.4. The molecule has 8 nitrogen and oxygen atoms in total. The fraction of sp³-hybridized carbons (Fsp3) is 0.250. The number of nitrogens with one attached hydrogen (secondary N) is 2. The van der Waals surface area contributed by atoms with E-state index in [-0.39, 0.29) is 13.0 Å². The molecule has 0 unspecified atom stereocenters. The molecule has 0 atom stereocenters. The minimum Gasteiger partial charge on any atom is -0.495 e. The van der Waals surface area contributed by atoms with E-state index in [2.05, 4.69) is 15.6 Å². The third-order valence-electron chi connectivity index (χ3n) is 4.68. The lowest BCUT2D eigenvalue weighted by atomic mass is 10.1. The van der Waals surface area contributed by atoms with Gasteiger partial charge in [-0.15, -0.1) is 0 Å². The second-order valence-electron chi connectivity index (χ2n) is 7.18. The molecule has 0 aliphatic carbocycles. The molecule has 0 saturated carbocycles. The first-order chi connectivity index (χ1) is 15.4. The van der Waals surface area contributed by atoms with Crippen molar-refractivity contribution in [1.29, 1.82) is 0 Å². The highest BCUT2D eigenvalue weighted by molar-refractivity contribution is 5.96. The largest absolute Gasteiger partial charge is 0.495 e. The predicted octanol–water partition coefficient (Wildman–Crippen LogP) is 2.78. The molecule has 0 spiro atoms. The zero-order valence-electron chi connectivity index (χ0n) is 18.0. The zero-order chi connectivity index (χ0) is 22.9. The molecule has 3 rings (SSSR count). The van der Waals surface area contributed by atoms with Crippen molar-refractivity contribution >= 4 is 34.4 Å². The van der Waals surface area contributed by atoms with E-state index >= 15 is 0 Å². The fourth-order valence-corrected chi connectivity index (χ4v) is 3.04. The molecule has 0 aliphatic rings. The third kappa shape index (κ3) is 6.53. The molecule has 8 heteroatoms. The van der Waals surface area contributed by atoms with E-state index in [1.165, 1.54) is 7.11 Å². The number of carbonyl (C=O) groups is 3. The Labute approximate surface area is 185 Å². The van der Waals surface area contributed by atoms with E-state index in [1.54, 1.807) is 12.1 Å². The molecular formula is C24H25N3O5. The molecule has 1 aromatic heterocycles. The summed E-state index contributed by atoms with van der Waals surface area (Å²) in [5.74, 6) is -0.973. The Hall–Kier alpha value is -3.94. The standard InChI is InChI=1S/C24H25N3O5/c1-16-7-11-21(31-2)20(13-16)27-22(28)14-25-23(29)15-32-24(30)12-10-18-9-8-17-5-3-4-6-19(17)26-18/h3-9,11,13H,10,12,14-15H2,1-2H3,(H,25,29)(H,27,28). The van der Waals surface area contributed by atoms with Crippen molar-refractivity contribution in [3.8, 4) is 5.75 Å². The van der Waals surface area contributed by atoms with Crippen LogP contribution in [0, 0.1) is 6.92 Å². The van der Waals surface area contributed by atoms with Gasteiger partial charge in [-0.2, -0.15) is 0 Å². The van der Waals surface area contributed by atoms with Gasteiger partial charge in [0.05, 0.1) is 31.3 Å². The Kier molecular flexibility index (Phi) is 7.75. The quantitative estimate of drug-likeness (QED) is 0.501. The Bertz CT molecular complexity index is 1130. The van der Waals surface area contributed by atoms with Crippen molar-refractivity contribution in [2.45, 2.75) is 19.8 Å². The number of ether oxygens (including phenoxy) is 2. The van der Waals surface area contributed by atoms with Gasteiger partial charge in [0.25, 0.3) is 5.91 Å². The van der Waals surface area contributed by atoms with Crippen LogP contribution in [0.4, 0.5) is 5.69 Å². The molecule has 0 bridgehead atoms. The second kappa shape index (κ2) is 10.9. The van der Waals surface area contributed by atoms with Gasteiger partial charge >= 0.3 is 5.97 Å². The van der Waals surface area contributed by atoms with Crippen molar-refractivity contribution in [1.82, 2.24) is 10.3 Å². The van der Waals surface area contributed by atoms with Gasteiger partial charge in [-0.05, 0) is 36.8 Å². The maximum atomic E-state index is 12.1. The van der Waals surface area contributed by atoms with Crippen LogP contribution in [-0.4, -0.2) is 43.0 Å². The number of esters is 1. The van der Waals surface area contributed by atoms with E-state index in [0.29, 0.717) is 17.9 Å². The van der Waals surface area contributed by atoms with Gasteiger partial charge in [0.15, 0.2) is 6.61 Å². The van der Waals surface area contributed by atoms with Crippen LogP contribution in [0.15, 0.2) is 54.6 Å². The van der Waals surface area contributed by atoms with Crippen LogP contribution in [0.3, 0.4) is 0 Å². The van der Waals surface area contributed by atoms with E-state index < -0.39 is 24.4 Å². The number of nitrogens with zero attached hydrogens (tertiary/aromatic N) is 1. The van der Waals surface area contributed by atoms with E-state index in [4.69, 9.17) is 9.47 Å². The van der Waals surface area contributed by atoms with Gasteiger partial charge in [0.2, 0.25) is 5.91 Å². The molecular weight excluding hydrogens is 410 g/mol. The molecule has 3 aromatic rings. The Balaban J connectivity index is 1.38.